The van der Waals surface area contributed by atoms with Crippen LogP contribution in [0.4, 0.5) is 0 Å². The van der Waals surface area contributed by atoms with Crippen molar-refractivity contribution in [1.82, 2.24) is 0 Å². The van der Waals surface area contributed by atoms with E-state index >= 15 is 0 Å². The van der Waals surface area contributed by atoms with E-state index < -0.39 is 39.2 Å². The van der Waals surface area contributed by atoms with E-state index in [1.807, 2.05) is 0 Å². The van der Waals surface area contributed by atoms with E-state index in [0.717, 1.165) is 6.92 Å². The molecule has 1 rings (SSSR count). The average molecular weight is 415 g/mol. The van der Waals surface area contributed by atoms with Gasteiger partial charge in [0.15, 0.2) is 0 Å². The van der Waals surface area contributed by atoms with Gasteiger partial charge in [0.25, 0.3) is 5.97 Å². The molecule has 3 nitrogen and oxygen atoms in total. The lowest BCUT2D eigenvalue weighted by Gasteiger charge is -2.60. The van der Waals surface area contributed by atoms with Crippen LogP contribution in [-0.4, -0.2) is 49.1 Å². The number of rotatable bonds is 5. The van der Waals surface area contributed by atoms with Crippen molar-refractivity contribution in [3.05, 3.63) is 30.3 Å². The number of carbonyl (C=O) groups is 1. The molecule has 1 aromatic carbocycles. The molecule has 1 aromatic rings. The lowest BCUT2D eigenvalue weighted by atomic mass is 10.4. The van der Waals surface area contributed by atoms with Gasteiger partial charge in [0.1, 0.15) is 0 Å². The molecule has 7 heteroatoms. The Labute approximate surface area is 159 Å². The number of aliphatic carboxylic acids is 1. The zero-order chi connectivity index (χ0) is 20.3. The molecule has 0 spiro atoms. The van der Waals surface area contributed by atoms with Crippen molar-refractivity contribution in [2.45, 2.75) is 69.8 Å². The van der Waals surface area contributed by atoms with Crippen molar-refractivity contribution in [1.29, 1.82) is 0 Å². The first kappa shape index (κ1) is 24.5. The Morgan fingerprint density at radius 2 is 1.12 bits per heavy atom. The van der Waals surface area contributed by atoms with E-state index in [-0.39, 0.29) is 3.91 Å². The molecular weight excluding hydrogens is 377 g/mol. The predicted octanol–water partition coefficient (Wildman–Crippen LogP) is 4.07. The van der Waals surface area contributed by atoms with Gasteiger partial charge in [0.2, 0.25) is 9.04 Å². The molecule has 0 aliphatic rings. The van der Waals surface area contributed by atoms with Gasteiger partial charge in [-0.3, -0.25) is 4.79 Å². The topological polar surface area (TPSA) is 57.5 Å². The minimum absolute atomic E-state index is 0.286. The summed E-state index contributed by atoms with van der Waals surface area (Å²) in [6.07, 6.45) is 0. The summed E-state index contributed by atoms with van der Waals surface area (Å²) in [4.78, 5) is 20.7. The number of carboxylic acid groups (broad SMARTS) is 1. The SMILES string of the molecule is CC(=O)O.C[Si](C)(C)C([SiH](O)c1ccccc1)([Si](C)(C)C)[Si](C)(C)C. The molecule has 0 amide bonds. The predicted molar refractivity (Wildman–Crippen MR) is 121 cm³/mol. The molecule has 0 bridgehead atoms. The zero-order valence-electron chi connectivity index (χ0n) is 17.8. The van der Waals surface area contributed by atoms with Crippen molar-refractivity contribution in [3.63, 3.8) is 0 Å². The molecule has 25 heavy (non-hydrogen) atoms. The number of benzene rings is 1. The highest BCUT2D eigenvalue weighted by molar-refractivity contribution is 7.26. The summed E-state index contributed by atoms with van der Waals surface area (Å²) in [6, 6.07) is 10.6. The van der Waals surface area contributed by atoms with Crippen LogP contribution in [0.1, 0.15) is 6.92 Å². The number of hydrogen-bond donors (Lipinski definition) is 2. The van der Waals surface area contributed by atoms with Gasteiger partial charge in [0.05, 0.1) is 0 Å². The first-order valence-corrected chi connectivity index (χ1v) is 21.1. The van der Waals surface area contributed by atoms with Crippen molar-refractivity contribution in [3.8, 4) is 0 Å². The van der Waals surface area contributed by atoms with Gasteiger partial charge < -0.3 is 9.90 Å². The Morgan fingerprint density at radius 1 is 0.840 bits per heavy atom. The van der Waals surface area contributed by atoms with E-state index in [9.17, 15) is 4.80 Å². The fourth-order valence-electron chi connectivity index (χ4n) is 5.49. The van der Waals surface area contributed by atoms with E-state index in [2.05, 4.69) is 89.3 Å². The average Bonchev–Trinajstić information content (AvgIpc) is 2.34. The van der Waals surface area contributed by atoms with Gasteiger partial charge in [0, 0.05) is 31.1 Å². The molecule has 0 saturated carbocycles. The van der Waals surface area contributed by atoms with Crippen molar-refractivity contribution >= 4 is 44.4 Å². The summed E-state index contributed by atoms with van der Waals surface area (Å²) < 4.78 is 0.286. The molecule has 1 unspecified atom stereocenters. The molecule has 0 fully saturated rings. The van der Waals surface area contributed by atoms with Crippen molar-refractivity contribution in [2.75, 3.05) is 0 Å². The second kappa shape index (κ2) is 8.47. The monoisotopic (exact) mass is 414 g/mol. The maximum Gasteiger partial charge on any atom is 0.300 e. The highest BCUT2D eigenvalue weighted by atomic mass is 28.5. The summed E-state index contributed by atoms with van der Waals surface area (Å²) in [5.41, 5.74) is 0. The first-order valence-electron chi connectivity index (χ1n) is 8.92. The number of hydrogen-bond acceptors (Lipinski definition) is 2. The second-order valence-electron chi connectivity index (χ2n) is 9.89. The van der Waals surface area contributed by atoms with Crippen LogP contribution in [0, 0.1) is 0 Å². The zero-order valence-corrected chi connectivity index (χ0v) is 21.9. The molecule has 0 aromatic heterocycles. The lowest BCUT2D eigenvalue weighted by molar-refractivity contribution is -0.134. The Hall–Kier alpha value is -0.482. The van der Waals surface area contributed by atoms with Gasteiger partial charge >= 0.3 is 0 Å². The second-order valence-corrected chi connectivity index (χ2v) is 31.3. The van der Waals surface area contributed by atoms with Gasteiger partial charge in [-0.2, -0.15) is 0 Å². The van der Waals surface area contributed by atoms with Crippen LogP contribution < -0.4 is 5.19 Å². The number of carboxylic acids is 1. The van der Waals surface area contributed by atoms with Crippen LogP contribution in [0.25, 0.3) is 0 Å². The summed E-state index contributed by atoms with van der Waals surface area (Å²) in [7, 11) is -6.56. The van der Waals surface area contributed by atoms with E-state index in [1.54, 1.807) is 0 Å². The Balaban J connectivity index is 0.00000129. The Kier molecular flexibility index (Phi) is 8.31. The lowest BCUT2D eigenvalue weighted by Crippen LogP contribution is -2.74. The summed E-state index contributed by atoms with van der Waals surface area (Å²) in [5, 5.41) is 8.67. The summed E-state index contributed by atoms with van der Waals surface area (Å²) in [5.74, 6) is -0.833. The summed E-state index contributed by atoms with van der Waals surface area (Å²) >= 11 is 0. The largest absolute Gasteiger partial charge is 0.481 e. The van der Waals surface area contributed by atoms with Gasteiger partial charge in [-0.05, 0) is 9.09 Å². The van der Waals surface area contributed by atoms with Crippen molar-refractivity contribution < 1.29 is 14.7 Å². The Morgan fingerprint density at radius 3 is 1.36 bits per heavy atom. The first-order chi connectivity index (χ1) is 11.0. The normalized spacial score (nSPS) is 14.4. The van der Waals surface area contributed by atoms with Crippen molar-refractivity contribution in [2.24, 2.45) is 0 Å². The highest BCUT2D eigenvalue weighted by Gasteiger charge is 2.64. The van der Waals surface area contributed by atoms with Gasteiger partial charge in [-0.15, -0.1) is 0 Å². The third-order valence-corrected chi connectivity index (χ3v) is 37.8. The van der Waals surface area contributed by atoms with Crippen LogP contribution in [0.2, 0.25) is 62.8 Å². The highest BCUT2D eigenvalue weighted by Crippen LogP contribution is 2.54. The smallest absolute Gasteiger partial charge is 0.300 e. The maximum atomic E-state index is 11.7. The minimum atomic E-state index is -2.00. The third-order valence-electron chi connectivity index (χ3n) is 5.07. The van der Waals surface area contributed by atoms with Crippen LogP contribution in [0.3, 0.4) is 0 Å². The minimum Gasteiger partial charge on any atom is -0.481 e. The molecule has 0 aliphatic heterocycles. The molecule has 0 radical (unpaired) electrons. The van der Waals surface area contributed by atoms with E-state index in [1.165, 1.54) is 5.19 Å². The third kappa shape index (κ3) is 5.49. The van der Waals surface area contributed by atoms with Gasteiger partial charge in [-0.25, -0.2) is 0 Å². The quantitative estimate of drug-likeness (QED) is 0.714. The van der Waals surface area contributed by atoms with Crippen LogP contribution in [0.5, 0.6) is 0 Å². The van der Waals surface area contributed by atoms with Crippen LogP contribution in [-0.2, 0) is 4.79 Å². The Bertz CT molecular complexity index is 514. The maximum absolute atomic E-state index is 11.7. The van der Waals surface area contributed by atoms with Crippen LogP contribution in [0.15, 0.2) is 30.3 Å². The molecule has 0 heterocycles. The summed E-state index contributed by atoms with van der Waals surface area (Å²) in [6.45, 7) is 23.6. The molecule has 0 aliphatic carbocycles. The van der Waals surface area contributed by atoms with Gasteiger partial charge in [-0.1, -0.05) is 89.3 Å². The molecule has 1 atom stereocenters. The van der Waals surface area contributed by atoms with E-state index in [4.69, 9.17) is 9.90 Å². The van der Waals surface area contributed by atoms with Crippen LogP contribution >= 0.6 is 0 Å². The van der Waals surface area contributed by atoms with E-state index in [0.29, 0.717) is 0 Å². The molecule has 144 valence electrons. The molecular formula is C18H38O3Si4. The molecule has 0 saturated heterocycles. The molecule has 2 N–H and O–H groups in total. The fraction of sp³-hybridized carbons (Fsp3) is 0.611. The fourth-order valence-corrected chi connectivity index (χ4v) is 44.9. The standard InChI is InChI=1S/C16H34OSi4.C2H4O2/c1-19(2,3)16(20(4,5)6,21(7,8)9)18(17)15-13-11-10-12-14-15;1-2(3)4/h10-14,17-18H,1-9H3;1H3,(H,3,4).